The molecule has 0 bridgehead atoms. The lowest BCUT2D eigenvalue weighted by Gasteiger charge is -2.49. The first-order valence-corrected chi connectivity index (χ1v) is 55.9. The van der Waals surface area contributed by atoms with Gasteiger partial charge in [-0.1, -0.05) is 134 Å². The van der Waals surface area contributed by atoms with Gasteiger partial charge in [0.05, 0.1) is 106 Å². The lowest BCUT2D eigenvalue weighted by Crippen LogP contribution is -2.57. The molecule has 1 saturated carbocycles. The van der Waals surface area contributed by atoms with Gasteiger partial charge in [-0.25, -0.2) is 33.7 Å². The van der Waals surface area contributed by atoms with Crippen LogP contribution in [0.3, 0.4) is 0 Å². The van der Waals surface area contributed by atoms with Crippen molar-refractivity contribution in [3.05, 3.63) is 248 Å². The molecule has 10 aromatic carbocycles. The quantitative estimate of drug-likeness (QED) is 0.0769. The maximum absolute atomic E-state index is 11.5. The largest absolute Gasteiger partial charge is 0.492 e. The number of sulfone groups is 4. The minimum absolute atomic E-state index is 0.0637. The molecule has 10 aromatic rings. The summed E-state index contributed by atoms with van der Waals surface area (Å²) in [5.41, 5.74) is 5.29. The van der Waals surface area contributed by atoms with Crippen LogP contribution in [0.4, 0.5) is 17.1 Å². The van der Waals surface area contributed by atoms with E-state index in [1.165, 1.54) is 116 Å². The number of fused-ring (bicyclic) bond motifs is 11. The number of nitrogens with one attached hydrogen (secondary N) is 6. The number of anilines is 3. The fourth-order valence-electron chi connectivity index (χ4n) is 14.4. The molecule has 3 atom stereocenters. The zero-order valence-corrected chi connectivity index (χ0v) is 78.8. The van der Waals surface area contributed by atoms with E-state index in [1.54, 1.807) is 54.4 Å². The Morgan fingerprint density at radius 2 is 0.857 bits per heavy atom. The SMILES string of the molecule is C1CC2(C1)CNC2.C1CN2CCOCC2CN1.O=S1(=O)CCNc2ccccc21.O=S1(=O)CCOc2ccccc21.O=S1(=O)CCS(=O)(=O)c2ccccc21.O=S1CCNc2ccccc21.O=S1CCOc2ccccc21.c1ccc2c(c1)CNS2.c1ccc2c(c1)NCCS2.c1ccc2c(c1)OCCO2.c1ccc2c(c1)OCCS2.c1ccc2c(c1)SCCS2. The number of hydrogen-bond donors (Lipinski definition) is 6. The number of morpholine rings is 1. The van der Waals surface area contributed by atoms with Gasteiger partial charge in [0.1, 0.15) is 48.6 Å². The summed E-state index contributed by atoms with van der Waals surface area (Å²) < 4.78 is 149. The van der Waals surface area contributed by atoms with Gasteiger partial charge in [-0.15, -0.1) is 47.0 Å². The molecule has 0 aromatic heterocycles. The summed E-state index contributed by atoms with van der Waals surface area (Å²) >= 11 is 9.44. The predicted molar refractivity (Wildman–Crippen MR) is 512 cm³/mol. The van der Waals surface area contributed by atoms with Gasteiger partial charge in [-0.3, -0.25) is 18.0 Å². The van der Waals surface area contributed by atoms with Crippen LogP contribution in [0.15, 0.2) is 297 Å². The van der Waals surface area contributed by atoms with Gasteiger partial charge >= 0.3 is 0 Å². The molecule has 672 valence electrons. The van der Waals surface area contributed by atoms with Gasteiger partial charge in [0, 0.05) is 130 Å². The first-order chi connectivity index (χ1) is 61.3. The fourth-order valence-corrected chi connectivity index (χ4v) is 28.2. The number of thioether (sulfide) groups is 4. The smallest absolute Gasteiger partial charge is 0.185 e. The van der Waals surface area contributed by atoms with Crippen LogP contribution in [-0.4, -0.2) is 216 Å². The van der Waals surface area contributed by atoms with Crippen LogP contribution in [0.1, 0.15) is 24.8 Å². The summed E-state index contributed by atoms with van der Waals surface area (Å²) in [7, 11) is -14.5. The zero-order chi connectivity index (χ0) is 87.9. The van der Waals surface area contributed by atoms with Crippen molar-refractivity contribution in [1.29, 1.82) is 0 Å². The third kappa shape index (κ3) is 27.9. The molecule has 1 spiro atoms. The zero-order valence-electron chi connectivity index (χ0n) is 69.9. The number of para-hydroxylation sites is 8. The molecule has 3 saturated heterocycles. The van der Waals surface area contributed by atoms with Crippen molar-refractivity contribution in [3.8, 4) is 28.7 Å². The molecule has 13 aliphatic heterocycles. The van der Waals surface area contributed by atoms with Crippen LogP contribution >= 0.6 is 59.0 Å². The fraction of sp³-hybridized carbons (Fsp3) is 0.348. The van der Waals surface area contributed by atoms with E-state index in [0.29, 0.717) is 53.7 Å². The lowest BCUT2D eigenvalue weighted by atomic mass is 9.65. The maximum atomic E-state index is 11.5. The van der Waals surface area contributed by atoms with Crippen molar-refractivity contribution in [1.82, 2.24) is 20.3 Å². The topological polar surface area (TPSA) is 302 Å². The van der Waals surface area contributed by atoms with E-state index in [0.717, 1.165) is 120 Å². The summed E-state index contributed by atoms with van der Waals surface area (Å²) in [6.45, 7) is 15.5. The second kappa shape index (κ2) is 48.2. The third-order valence-corrected chi connectivity index (χ3v) is 37.0. The van der Waals surface area contributed by atoms with Gasteiger partial charge in [0.25, 0.3) is 0 Å². The number of ether oxygens (including phenoxy) is 6. The average molecular weight is 1920 g/mol. The van der Waals surface area contributed by atoms with E-state index in [4.69, 9.17) is 28.4 Å². The number of nitrogens with zero attached hydrogens (tertiary/aromatic N) is 1. The van der Waals surface area contributed by atoms with Crippen LogP contribution in [-0.2, 0) is 72.2 Å². The van der Waals surface area contributed by atoms with Gasteiger partial charge in [0.15, 0.2) is 50.8 Å². The number of piperazine rings is 1. The Labute approximate surface area is 767 Å². The Morgan fingerprint density at radius 1 is 0.365 bits per heavy atom. The normalized spacial score (nSPS) is 20.8. The second-order valence-electron chi connectivity index (χ2n) is 29.9. The van der Waals surface area contributed by atoms with E-state index in [9.17, 15) is 42.1 Å². The van der Waals surface area contributed by atoms with Gasteiger partial charge < -0.3 is 55.0 Å². The molecule has 13 heterocycles. The monoisotopic (exact) mass is 1920 g/mol. The Kier molecular flexibility index (Phi) is 36.7. The van der Waals surface area contributed by atoms with Crippen LogP contribution in [0.2, 0.25) is 0 Å². The van der Waals surface area contributed by atoms with Crippen molar-refractivity contribution >= 4 is 137 Å². The molecule has 4 fully saturated rings. The average Bonchev–Trinajstić information content (AvgIpc) is 0.821. The predicted octanol–water partition coefficient (Wildman–Crippen LogP) is 15.0. The molecule has 0 radical (unpaired) electrons. The summed E-state index contributed by atoms with van der Waals surface area (Å²) in [6.07, 6.45) is 4.49. The summed E-state index contributed by atoms with van der Waals surface area (Å²) in [6, 6.07) is 76.6. The van der Waals surface area contributed by atoms with Crippen molar-refractivity contribution in [2.75, 3.05) is 179 Å². The van der Waals surface area contributed by atoms with E-state index < -0.39 is 60.9 Å². The van der Waals surface area contributed by atoms with Crippen LogP contribution in [0, 0.1) is 5.41 Å². The van der Waals surface area contributed by atoms with Crippen molar-refractivity contribution in [3.63, 3.8) is 0 Å². The van der Waals surface area contributed by atoms with Crippen molar-refractivity contribution in [2.45, 2.75) is 85.7 Å². The molecule has 6 N–H and O–H groups in total. The first kappa shape index (κ1) is 95.8. The molecular formula is C92H107N7O16S11. The highest BCUT2D eigenvalue weighted by atomic mass is 32.2. The summed E-state index contributed by atoms with van der Waals surface area (Å²) in [4.78, 5) is 11.8. The molecule has 0 amide bonds. The Balaban J connectivity index is 0.000000118. The molecule has 24 rings (SSSR count). The Hall–Kier alpha value is -7.75. The summed E-state index contributed by atoms with van der Waals surface area (Å²) in [5.74, 6) is 9.82. The van der Waals surface area contributed by atoms with Crippen LogP contribution < -0.4 is 55.0 Å². The first-order valence-electron chi connectivity index (χ1n) is 41.9. The minimum Gasteiger partial charge on any atom is -0.492 e. The van der Waals surface area contributed by atoms with Gasteiger partial charge in [-0.2, -0.15) is 0 Å². The standard InChI is InChI=1S/C8H9NO2S.C8H9NOS.C8H9NS.C8H8O4S2.C8H8O3S.C8H8O2S.C8H8O2.C8H8OS.C8H8S2.C7H14N2O.C7H7NS.C6H11N/c10-12(11)6-5-9-7-3-1-2-4-8(7)12;10-11-6-5-9-7-3-1-2-4-8(7)11;1-2-4-8-7(3-1)9-5-6-10-8;9-13(10)5-6-14(11,12)8-4-2-1-3-7(8)13;9-12(10)6-5-11-7-3-1-2-4-8(7)12;9-11-6-5-10-7-3-1-2-4-8(7)11;3*1-2-4-8-7(3-1)9-5-6-10-8;1-2-9-3-4-10-6-7(9)5-8-1;1-2-4-7-6(3-1)5-8-9-7;1-2-6(3-1)4-7-5-6/h1-4,9H,5-6H2;1-4,9H,5-6H2;1-4,9H,5-6H2;1-4H,5-6H2;1-4H,5-6H2;1-4H,5-6H2;3*1-4H,5-6H2;7-8H,1-6H2;1-4,8H,5H2;7H,1-5H2. The van der Waals surface area contributed by atoms with Gasteiger partial charge in [0.2, 0.25) is 0 Å². The highest BCUT2D eigenvalue weighted by Gasteiger charge is 2.42. The highest BCUT2D eigenvalue weighted by molar-refractivity contribution is 8.05. The number of benzene rings is 10. The van der Waals surface area contributed by atoms with Crippen molar-refractivity contribution < 1.29 is 70.5 Å². The molecule has 23 nitrogen and oxygen atoms in total. The molecule has 14 aliphatic rings. The van der Waals surface area contributed by atoms with Crippen molar-refractivity contribution in [2.24, 2.45) is 5.41 Å². The van der Waals surface area contributed by atoms with E-state index >= 15 is 0 Å². The van der Waals surface area contributed by atoms with E-state index in [1.807, 2.05) is 144 Å². The van der Waals surface area contributed by atoms with Crippen LogP contribution in [0.25, 0.3) is 0 Å². The third-order valence-electron chi connectivity index (χ3n) is 21.2. The minimum atomic E-state index is -3.39. The molecule has 126 heavy (non-hydrogen) atoms. The van der Waals surface area contributed by atoms with Crippen LogP contribution in [0.5, 0.6) is 28.7 Å². The Morgan fingerprint density at radius 3 is 1.45 bits per heavy atom. The summed E-state index contributed by atoms with van der Waals surface area (Å²) in [5, 5.41) is 16.2. The Bertz CT molecular complexity index is 5200. The molecule has 34 heteroatoms. The van der Waals surface area contributed by atoms with E-state index in [-0.39, 0.29) is 39.4 Å². The molecule has 3 unspecified atom stereocenters. The lowest BCUT2D eigenvalue weighted by molar-refractivity contribution is -0.0168. The number of hydrogen-bond acceptors (Lipinski definition) is 28. The molecule has 1 aliphatic carbocycles. The molecular weight excluding hydrogens is 1810 g/mol. The maximum Gasteiger partial charge on any atom is 0.185 e. The number of rotatable bonds is 0. The highest BCUT2D eigenvalue weighted by Crippen LogP contribution is 2.44. The van der Waals surface area contributed by atoms with E-state index in [2.05, 4.69) is 115 Å². The second-order valence-corrected chi connectivity index (χ2v) is 46.8. The van der Waals surface area contributed by atoms with Gasteiger partial charge in [-0.05, 0) is 151 Å².